The minimum absolute atomic E-state index is 0.0401. The van der Waals surface area contributed by atoms with E-state index in [0.29, 0.717) is 19.3 Å². The first-order chi connectivity index (χ1) is 29.8. The number of hydrogen-bond donors (Lipinski definition) is 7. The molecule has 356 valence electrons. The molecule has 1 aliphatic rings. The number of aliphatic hydroxyl groups is 6. The first kappa shape index (κ1) is 57.3. The Morgan fingerprint density at radius 3 is 1.45 bits per heavy atom. The van der Waals surface area contributed by atoms with E-state index in [1.807, 2.05) is 30.4 Å². The SMILES string of the molecule is CCCCCCCCCCCCCCCC(=O)OCC(COP(=O)(O)OC1C(O)C(O)C(O)C(O)C1O)OC(=O)CC/C=C/C/C=C/C/C=C/C/C=C/C/C=C/C/C=C\C(C)O. The van der Waals surface area contributed by atoms with Crippen molar-refractivity contribution in [3.63, 3.8) is 0 Å². The van der Waals surface area contributed by atoms with Crippen molar-refractivity contribution in [3.8, 4) is 0 Å². The van der Waals surface area contributed by atoms with E-state index in [9.17, 15) is 49.7 Å². The summed E-state index contributed by atoms with van der Waals surface area (Å²) in [4.78, 5) is 35.6. The molecular formula is C47H79O14P. The molecule has 0 aromatic carbocycles. The lowest BCUT2D eigenvalue weighted by molar-refractivity contribution is -0.220. The van der Waals surface area contributed by atoms with Crippen LogP contribution in [0.15, 0.2) is 72.9 Å². The van der Waals surface area contributed by atoms with Crippen LogP contribution in [0.5, 0.6) is 0 Å². The monoisotopic (exact) mass is 899 g/mol. The summed E-state index contributed by atoms with van der Waals surface area (Å²) in [6.45, 7) is 2.69. The first-order valence-corrected chi connectivity index (χ1v) is 24.3. The van der Waals surface area contributed by atoms with Crippen molar-refractivity contribution in [2.45, 2.75) is 198 Å². The number of ether oxygens (including phenoxy) is 2. The number of carbonyl (C=O) groups is 2. The summed E-state index contributed by atoms with van der Waals surface area (Å²) in [5.74, 6) is -1.21. The number of unbranched alkanes of at least 4 members (excludes halogenated alkanes) is 12. The van der Waals surface area contributed by atoms with Crippen molar-refractivity contribution in [1.82, 2.24) is 0 Å². The van der Waals surface area contributed by atoms with E-state index in [-0.39, 0.29) is 12.8 Å². The van der Waals surface area contributed by atoms with Gasteiger partial charge in [-0.3, -0.25) is 18.6 Å². The molecule has 0 aromatic heterocycles. The Balaban J connectivity index is 2.53. The highest BCUT2D eigenvalue weighted by molar-refractivity contribution is 7.47. The minimum atomic E-state index is -5.15. The van der Waals surface area contributed by atoms with E-state index < -0.39 is 81.8 Å². The van der Waals surface area contributed by atoms with Crippen LogP contribution in [0.3, 0.4) is 0 Å². The number of esters is 2. The van der Waals surface area contributed by atoms with Gasteiger partial charge in [-0.1, -0.05) is 157 Å². The molecule has 0 radical (unpaired) electrons. The van der Waals surface area contributed by atoms with Gasteiger partial charge in [-0.2, -0.15) is 0 Å². The van der Waals surface area contributed by atoms with Crippen molar-refractivity contribution in [2.75, 3.05) is 13.2 Å². The normalized spacial score (nSPS) is 23.0. The predicted molar refractivity (Wildman–Crippen MR) is 241 cm³/mol. The van der Waals surface area contributed by atoms with Crippen molar-refractivity contribution >= 4 is 19.8 Å². The standard InChI is InChI=1S/C47H79O14P/c1-3-4-5-6-7-8-9-15-19-22-25-28-31-34-40(49)58-36-39(37-59-62(56,57)61-47-45(54)43(52)42(51)44(53)46(47)55)60-41(50)35-32-29-26-23-20-17-14-12-10-11-13-16-18-21-24-27-30-33-38(2)48/h10,12-13,16-17,20-21,24,26,29-30,33,38-39,42-48,51-55H,3-9,11,14-15,18-19,22-23,25,27-28,31-32,34-37H2,1-2H3,(H,56,57)/b12-10+,16-13+,20-17+,24-21+,29-26+,33-30-. The van der Waals surface area contributed by atoms with Crippen molar-refractivity contribution < 1.29 is 68.2 Å². The summed E-state index contributed by atoms with van der Waals surface area (Å²) < 4.78 is 33.4. The van der Waals surface area contributed by atoms with Gasteiger partial charge in [0.25, 0.3) is 0 Å². The molecule has 1 saturated carbocycles. The summed E-state index contributed by atoms with van der Waals surface area (Å²) >= 11 is 0. The maximum absolute atomic E-state index is 12.8. The van der Waals surface area contributed by atoms with Crippen LogP contribution < -0.4 is 0 Å². The highest BCUT2D eigenvalue weighted by Gasteiger charge is 2.51. The Morgan fingerprint density at radius 1 is 0.565 bits per heavy atom. The minimum Gasteiger partial charge on any atom is -0.462 e. The van der Waals surface area contributed by atoms with Gasteiger partial charge in [0.2, 0.25) is 0 Å². The fourth-order valence-corrected chi connectivity index (χ4v) is 7.42. The largest absolute Gasteiger partial charge is 0.472 e. The molecule has 7 unspecified atom stereocenters. The second-order valence-corrected chi connectivity index (χ2v) is 17.2. The average molecular weight is 899 g/mol. The molecule has 0 saturated heterocycles. The Kier molecular flexibility index (Phi) is 33.8. The second kappa shape index (κ2) is 36.6. The highest BCUT2D eigenvalue weighted by Crippen LogP contribution is 2.47. The van der Waals surface area contributed by atoms with Crippen LogP contribution in [0.4, 0.5) is 0 Å². The lowest BCUT2D eigenvalue weighted by atomic mass is 9.85. The maximum atomic E-state index is 12.8. The van der Waals surface area contributed by atoms with Gasteiger partial charge in [0.15, 0.2) is 6.10 Å². The number of phosphoric ester groups is 1. The third kappa shape index (κ3) is 29.6. The van der Waals surface area contributed by atoms with E-state index in [0.717, 1.165) is 44.9 Å². The summed E-state index contributed by atoms with van der Waals surface area (Å²) in [6.07, 6.45) is 29.7. The van der Waals surface area contributed by atoms with Crippen molar-refractivity contribution in [2.24, 2.45) is 0 Å². The van der Waals surface area contributed by atoms with Gasteiger partial charge < -0.3 is 45.0 Å². The fraction of sp³-hybridized carbons (Fsp3) is 0.702. The van der Waals surface area contributed by atoms with Crippen LogP contribution in [0, 0.1) is 0 Å². The second-order valence-electron chi connectivity index (χ2n) is 15.8. The highest BCUT2D eigenvalue weighted by atomic mass is 31.2. The molecule has 0 aliphatic heterocycles. The number of allylic oxidation sites excluding steroid dienone is 11. The van der Waals surface area contributed by atoms with Crippen molar-refractivity contribution in [1.29, 1.82) is 0 Å². The van der Waals surface area contributed by atoms with E-state index >= 15 is 0 Å². The molecule has 14 nitrogen and oxygen atoms in total. The average Bonchev–Trinajstić information content (AvgIpc) is 3.24. The first-order valence-electron chi connectivity index (χ1n) is 22.8. The molecule has 62 heavy (non-hydrogen) atoms. The van der Waals surface area contributed by atoms with Gasteiger partial charge >= 0.3 is 19.8 Å². The van der Waals surface area contributed by atoms with Crippen LogP contribution in [-0.2, 0) is 32.7 Å². The van der Waals surface area contributed by atoms with Crippen LogP contribution >= 0.6 is 7.82 Å². The summed E-state index contributed by atoms with van der Waals surface area (Å²) in [5, 5.41) is 59.3. The molecule has 0 bridgehead atoms. The Hall–Kier alpha value is -2.75. The van der Waals surface area contributed by atoms with Gasteiger partial charge in [-0.15, -0.1) is 0 Å². The Bertz CT molecular complexity index is 1380. The third-order valence-corrected chi connectivity index (χ3v) is 11.1. The van der Waals surface area contributed by atoms with E-state index in [4.69, 9.17) is 18.5 Å². The lowest BCUT2D eigenvalue weighted by Crippen LogP contribution is -2.64. The molecule has 15 heteroatoms. The number of carbonyl (C=O) groups excluding carboxylic acids is 2. The van der Waals surface area contributed by atoms with Gasteiger partial charge in [0, 0.05) is 12.8 Å². The van der Waals surface area contributed by atoms with Crippen LogP contribution in [0.25, 0.3) is 0 Å². The number of phosphoric acid groups is 1. The molecule has 0 amide bonds. The van der Waals surface area contributed by atoms with Crippen LogP contribution in [-0.4, -0.2) is 110 Å². The number of hydrogen-bond acceptors (Lipinski definition) is 13. The maximum Gasteiger partial charge on any atom is 0.472 e. The third-order valence-electron chi connectivity index (χ3n) is 10.1. The van der Waals surface area contributed by atoms with Gasteiger partial charge in [-0.05, 0) is 51.9 Å². The molecule has 0 spiro atoms. The topological polar surface area (TPSA) is 230 Å². The zero-order valence-electron chi connectivity index (χ0n) is 37.2. The summed E-state index contributed by atoms with van der Waals surface area (Å²) in [7, 11) is -5.15. The van der Waals surface area contributed by atoms with Crippen LogP contribution in [0.1, 0.15) is 149 Å². The zero-order chi connectivity index (χ0) is 45.9. The van der Waals surface area contributed by atoms with Crippen LogP contribution in [0.2, 0.25) is 0 Å². The molecule has 0 aromatic rings. The van der Waals surface area contributed by atoms with Gasteiger partial charge in [0.1, 0.15) is 43.2 Å². The molecular weight excluding hydrogens is 819 g/mol. The lowest BCUT2D eigenvalue weighted by Gasteiger charge is -2.41. The molecule has 7 atom stereocenters. The van der Waals surface area contributed by atoms with E-state index in [1.54, 1.807) is 13.0 Å². The van der Waals surface area contributed by atoms with E-state index in [1.165, 1.54) is 57.8 Å². The fourth-order valence-electron chi connectivity index (χ4n) is 6.44. The Labute approximate surface area is 370 Å². The summed E-state index contributed by atoms with van der Waals surface area (Å²) in [6, 6.07) is 0. The van der Waals surface area contributed by atoms with E-state index in [2.05, 4.69) is 43.4 Å². The smallest absolute Gasteiger partial charge is 0.462 e. The molecule has 1 aliphatic carbocycles. The molecule has 7 N–H and O–H groups in total. The summed E-state index contributed by atoms with van der Waals surface area (Å²) in [5.41, 5.74) is 0. The quantitative estimate of drug-likeness (QED) is 0.0138. The molecule has 0 heterocycles. The Morgan fingerprint density at radius 2 is 0.984 bits per heavy atom. The zero-order valence-corrected chi connectivity index (χ0v) is 38.1. The predicted octanol–water partition coefficient (Wildman–Crippen LogP) is 7.69. The molecule has 1 rings (SSSR count). The number of aliphatic hydroxyl groups excluding tert-OH is 6. The van der Waals surface area contributed by atoms with Gasteiger partial charge in [-0.25, -0.2) is 4.57 Å². The van der Waals surface area contributed by atoms with Gasteiger partial charge in [0.05, 0.1) is 12.7 Å². The number of rotatable bonds is 36. The molecule has 1 fully saturated rings. The van der Waals surface area contributed by atoms with Crippen molar-refractivity contribution in [3.05, 3.63) is 72.9 Å².